The van der Waals surface area contributed by atoms with Crippen molar-refractivity contribution in [3.63, 3.8) is 0 Å². The minimum Gasteiger partial charge on any atom is -0.491 e. The van der Waals surface area contributed by atoms with Crippen LogP contribution in [0.4, 0.5) is 5.95 Å². The van der Waals surface area contributed by atoms with Crippen molar-refractivity contribution in [3.05, 3.63) is 35.5 Å². The van der Waals surface area contributed by atoms with Gasteiger partial charge in [0.05, 0.1) is 23.6 Å². The molecule has 0 fully saturated rings. The molecule has 1 amide bonds. The first-order chi connectivity index (χ1) is 12.5. The van der Waals surface area contributed by atoms with Crippen molar-refractivity contribution in [2.45, 2.75) is 20.8 Å². The van der Waals surface area contributed by atoms with Gasteiger partial charge in [0.25, 0.3) is 5.91 Å². The van der Waals surface area contributed by atoms with Gasteiger partial charge in [0.2, 0.25) is 5.95 Å². The molecule has 1 heterocycles. The minimum atomic E-state index is -0.0945. The maximum Gasteiger partial charge on any atom is 0.257 e. The summed E-state index contributed by atoms with van der Waals surface area (Å²) >= 11 is 0. The highest BCUT2D eigenvalue weighted by molar-refractivity contribution is 6.01. The number of carbonyl (C=O) groups is 1. The Morgan fingerprint density at radius 2 is 1.77 bits per heavy atom. The molecular formula is C19H26N4O3. The Bertz CT molecular complexity index is 743. The average Bonchev–Trinajstić information content (AvgIpc) is 2.62. The number of carbonyl (C=O) groups excluding carboxylic acids is 1. The monoisotopic (exact) mass is 358 g/mol. The van der Waals surface area contributed by atoms with Crippen LogP contribution in [0.25, 0.3) is 11.3 Å². The Morgan fingerprint density at radius 1 is 1.12 bits per heavy atom. The summed E-state index contributed by atoms with van der Waals surface area (Å²) in [6.45, 7) is 7.89. The van der Waals surface area contributed by atoms with Gasteiger partial charge >= 0.3 is 0 Å². The maximum atomic E-state index is 12.9. The molecule has 0 radical (unpaired) electrons. The summed E-state index contributed by atoms with van der Waals surface area (Å²) in [5.41, 5.74) is 8.21. The zero-order valence-electron chi connectivity index (χ0n) is 15.8. The van der Waals surface area contributed by atoms with E-state index < -0.39 is 0 Å². The topological polar surface area (TPSA) is 90.6 Å². The van der Waals surface area contributed by atoms with Crippen LogP contribution in [0.15, 0.2) is 24.3 Å². The third-order valence-electron chi connectivity index (χ3n) is 4.06. The van der Waals surface area contributed by atoms with Crippen molar-refractivity contribution in [3.8, 4) is 17.0 Å². The molecule has 0 spiro atoms. The number of nitrogens with zero attached hydrogens (tertiary/aromatic N) is 3. The molecule has 7 nitrogen and oxygen atoms in total. The molecule has 26 heavy (non-hydrogen) atoms. The molecule has 140 valence electrons. The predicted molar refractivity (Wildman–Crippen MR) is 101 cm³/mol. The van der Waals surface area contributed by atoms with E-state index in [-0.39, 0.29) is 11.9 Å². The standard InChI is InChI=1S/C19H26N4O3/c1-5-23(6-2)18(24)16-13(3)21-19(20)22-17(16)14-7-9-15(10-8-14)26-12-11-25-4/h7-10H,5-6,11-12H2,1-4H3,(H2,20,21,22). The number of anilines is 1. The normalized spacial score (nSPS) is 10.6. The Hall–Kier alpha value is -2.67. The SMILES string of the molecule is CCN(CC)C(=O)c1c(C)nc(N)nc1-c1ccc(OCCOC)cc1. The van der Waals surface area contributed by atoms with Crippen molar-refractivity contribution in [2.75, 3.05) is 39.1 Å². The summed E-state index contributed by atoms with van der Waals surface area (Å²) < 4.78 is 10.5. The van der Waals surface area contributed by atoms with Crippen LogP contribution in [-0.4, -0.2) is 54.2 Å². The van der Waals surface area contributed by atoms with E-state index in [4.69, 9.17) is 15.2 Å². The van der Waals surface area contributed by atoms with Crippen LogP contribution in [-0.2, 0) is 4.74 Å². The zero-order valence-corrected chi connectivity index (χ0v) is 15.8. The molecule has 0 aliphatic carbocycles. The second-order valence-electron chi connectivity index (χ2n) is 5.73. The van der Waals surface area contributed by atoms with Crippen LogP contribution >= 0.6 is 0 Å². The van der Waals surface area contributed by atoms with E-state index in [1.807, 2.05) is 38.1 Å². The number of amides is 1. The van der Waals surface area contributed by atoms with Gasteiger partial charge < -0.3 is 20.1 Å². The van der Waals surface area contributed by atoms with E-state index >= 15 is 0 Å². The average molecular weight is 358 g/mol. The molecule has 0 saturated heterocycles. The van der Waals surface area contributed by atoms with Crippen LogP contribution in [0.5, 0.6) is 5.75 Å². The summed E-state index contributed by atoms with van der Waals surface area (Å²) in [5.74, 6) is 0.776. The van der Waals surface area contributed by atoms with E-state index in [1.54, 1.807) is 18.9 Å². The first-order valence-corrected chi connectivity index (χ1v) is 8.67. The molecule has 7 heteroatoms. The molecular weight excluding hydrogens is 332 g/mol. The van der Waals surface area contributed by atoms with Gasteiger partial charge in [-0.2, -0.15) is 0 Å². The zero-order chi connectivity index (χ0) is 19.1. The number of hydrogen-bond acceptors (Lipinski definition) is 6. The van der Waals surface area contributed by atoms with Gasteiger partial charge in [-0.25, -0.2) is 9.97 Å². The van der Waals surface area contributed by atoms with E-state index in [9.17, 15) is 4.79 Å². The van der Waals surface area contributed by atoms with Crippen molar-refractivity contribution in [1.82, 2.24) is 14.9 Å². The highest BCUT2D eigenvalue weighted by Crippen LogP contribution is 2.27. The second kappa shape index (κ2) is 9.15. The molecule has 2 aromatic rings. The fraction of sp³-hybridized carbons (Fsp3) is 0.421. The maximum absolute atomic E-state index is 12.9. The molecule has 2 N–H and O–H groups in total. The first-order valence-electron chi connectivity index (χ1n) is 8.67. The quantitative estimate of drug-likeness (QED) is 0.729. The number of aryl methyl sites for hydroxylation is 1. The molecule has 2 rings (SSSR count). The summed E-state index contributed by atoms with van der Waals surface area (Å²) in [6.07, 6.45) is 0. The van der Waals surface area contributed by atoms with Gasteiger partial charge in [0, 0.05) is 25.8 Å². The van der Waals surface area contributed by atoms with E-state index in [0.29, 0.717) is 43.3 Å². The van der Waals surface area contributed by atoms with E-state index in [1.165, 1.54) is 0 Å². The van der Waals surface area contributed by atoms with Gasteiger partial charge in [-0.1, -0.05) is 0 Å². The Morgan fingerprint density at radius 3 is 2.35 bits per heavy atom. The smallest absolute Gasteiger partial charge is 0.257 e. The minimum absolute atomic E-state index is 0.0945. The van der Waals surface area contributed by atoms with E-state index in [2.05, 4.69) is 9.97 Å². The summed E-state index contributed by atoms with van der Waals surface area (Å²) in [7, 11) is 1.63. The van der Waals surface area contributed by atoms with Gasteiger partial charge in [-0.3, -0.25) is 4.79 Å². The molecule has 0 bridgehead atoms. The Balaban J connectivity index is 2.40. The number of nitrogens with two attached hydrogens (primary N) is 1. The van der Waals surface area contributed by atoms with Crippen LogP contribution in [0.2, 0.25) is 0 Å². The highest BCUT2D eigenvalue weighted by Gasteiger charge is 2.22. The molecule has 0 atom stereocenters. The van der Waals surface area contributed by atoms with Crippen molar-refractivity contribution < 1.29 is 14.3 Å². The highest BCUT2D eigenvalue weighted by atomic mass is 16.5. The van der Waals surface area contributed by atoms with Crippen molar-refractivity contribution in [2.24, 2.45) is 0 Å². The van der Waals surface area contributed by atoms with Gasteiger partial charge in [-0.05, 0) is 45.0 Å². The molecule has 1 aromatic carbocycles. The van der Waals surface area contributed by atoms with Crippen LogP contribution in [0.1, 0.15) is 29.9 Å². The summed E-state index contributed by atoms with van der Waals surface area (Å²) in [5, 5.41) is 0. The lowest BCUT2D eigenvalue weighted by atomic mass is 10.0. The van der Waals surface area contributed by atoms with Crippen LogP contribution in [0.3, 0.4) is 0 Å². The molecule has 0 aliphatic rings. The number of nitrogen functional groups attached to an aromatic ring is 1. The first kappa shape index (κ1) is 19.7. The second-order valence-corrected chi connectivity index (χ2v) is 5.73. The number of ether oxygens (including phenoxy) is 2. The lowest BCUT2D eigenvalue weighted by Crippen LogP contribution is -2.32. The lowest BCUT2D eigenvalue weighted by Gasteiger charge is -2.21. The van der Waals surface area contributed by atoms with Crippen LogP contribution in [0, 0.1) is 6.92 Å². The molecule has 0 aliphatic heterocycles. The third-order valence-corrected chi connectivity index (χ3v) is 4.06. The molecule has 0 unspecified atom stereocenters. The van der Waals surface area contributed by atoms with Crippen LogP contribution < -0.4 is 10.5 Å². The van der Waals surface area contributed by atoms with E-state index in [0.717, 1.165) is 11.3 Å². The number of aromatic nitrogens is 2. The third kappa shape index (κ3) is 4.49. The Kier molecular flexibility index (Phi) is 6.91. The number of benzene rings is 1. The Labute approximate surface area is 154 Å². The summed E-state index contributed by atoms with van der Waals surface area (Å²) in [6, 6.07) is 7.40. The number of rotatable bonds is 8. The summed E-state index contributed by atoms with van der Waals surface area (Å²) in [4.78, 5) is 23.2. The lowest BCUT2D eigenvalue weighted by molar-refractivity contribution is 0.0772. The largest absolute Gasteiger partial charge is 0.491 e. The van der Waals surface area contributed by atoms with Gasteiger partial charge in [0.15, 0.2) is 0 Å². The molecule has 0 saturated carbocycles. The number of methoxy groups -OCH3 is 1. The van der Waals surface area contributed by atoms with Gasteiger partial charge in [-0.15, -0.1) is 0 Å². The fourth-order valence-electron chi connectivity index (χ4n) is 2.68. The van der Waals surface area contributed by atoms with Gasteiger partial charge in [0.1, 0.15) is 12.4 Å². The van der Waals surface area contributed by atoms with Crippen molar-refractivity contribution in [1.29, 1.82) is 0 Å². The number of hydrogen-bond donors (Lipinski definition) is 1. The molecule has 1 aromatic heterocycles. The predicted octanol–water partition coefficient (Wildman–Crippen LogP) is 2.54. The van der Waals surface area contributed by atoms with Crippen molar-refractivity contribution >= 4 is 11.9 Å². The fourth-order valence-corrected chi connectivity index (χ4v) is 2.68.